The first kappa shape index (κ1) is 18.7. The first-order valence-corrected chi connectivity index (χ1v) is 8.96. The molecule has 3 rings (SSSR count). The minimum absolute atomic E-state index is 0.00877. The van der Waals surface area contributed by atoms with E-state index < -0.39 is 0 Å². The summed E-state index contributed by atoms with van der Waals surface area (Å²) in [7, 11) is 0. The zero-order valence-electron chi connectivity index (χ0n) is 15.5. The largest absolute Gasteiger partial charge is 0.394 e. The molecule has 1 atom stereocenters. The number of hydrogen-bond acceptors (Lipinski definition) is 7. The summed E-state index contributed by atoms with van der Waals surface area (Å²) in [5.74, 6) is 1.38. The number of aliphatic hydroxyl groups excluding tert-OH is 1. The molecule has 7 nitrogen and oxygen atoms in total. The number of pyridine rings is 2. The number of aliphatic hydroxyl groups is 1. The molecule has 3 aromatic heterocycles. The quantitative estimate of drug-likeness (QED) is 0.565. The maximum absolute atomic E-state index is 9.61. The van der Waals surface area contributed by atoms with Crippen molar-refractivity contribution in [3.05, 3.63) is 60.7 Å². The van der Waals surface area contributed by atoms with Crippen LogP contribution >= 0.6 is 0 Å². The summed E-state index contributed by atoms with van der Waals surface area (Å²) in [6.45, 7) is 4.64. The van der Waals surface area contributed by atoms with Gasteiger partial charge in [-0.3, -0.25) is 9.97 Å². The van der Waals surface area contributed by atoms with Crippen molar-refractivity contribution in [3.63, 3.8) is 0 Å². The number of anilines is 2. The number of rotatable bonds is 8. The highest BCUT2D eigenvalue weighted by molar-refractivity contribution is 5.63. The summed E-state index contributed by atoms with van der Waals surface area (Å²) in [5.41, 5.74) is 2.57. The van der Waals surface area contributed by atoms with Crippen molar-refractivity contribution in [1.29, 1.82) is 0 Å². The third kappa shape index (κ3) is 5.21. The highest BCUT2D eigenvalue weighted by atomic mass is 16.3. The maximum Gasteiger partial charge on any atom is 0.225 e. The van der Waals surface area contributed by atoms with E-state index in [0.29, 0.717) is 18.3 Å². The summed E-state index contributed by atoms with van der Waals surface area (Å²) >= 11 is 0. The molecule has 7 heteroatoms. The van der Waals surface area contributed by atoms with Gasteiger partial charge in [0.05, 0.1) is 30.6 Å². The Hall–Kier alpha value is -3.06. The van der Waals surface area contributed by atoms with Gasteiger partial charge in [0.1, 0.15) is 5.82 Å². The van der Waals surface area contributed by atoms with Gasteiger partial charge in [0, 0.05) is 30.2 Å². The molecule has 0 unspecified atom stereocenters. The molecule has 0 aliphatic rings. The molecule has 3 aromatic rings. The summed E-state index contributed by atoms with van der Waals surface area (Å²) < 4.78 is 0. The molecule has 0 radical (unpaired) electrons. The Bertz CT molecular complexity index is 842. The SMILES string of the molecule is CC(C)[C@H](CO)Nc1nc(NCc2ccccn2)cc(-c2cccnc2)n1. The number of nitrogens with zero attached hydrogens (tertiary/aromatic N) is 4. The lowest BCUT2D eigenvalue weighted by Crippen LogP contribution is -2.30. The maximum atomic E-state index is 9.61. The lowest BCUT2D eigenvalue weighted by molar-refractivity contribution is 0.248. The molecule has 3 heterocycles. The summed E-state index contributed by atoms with van der Waals surface area (Å²) in [4.78, 5) is 17.6. The van der Waals surface area contributed by atoms with Crippen LogP contribution in [0.2, 0.25) is 0 Å². The first-order valence-electron chi connectivity index (χ1n) is 8.96. The molecule has 0 aliphatic heterocycles. The second-order valence-electron chi connectivity index (χ2n) is 6.56. The molecule has 0 spiro atoms. The van der Waals surface area contributed by atoms with Crippen molar-refractivity contribution < 1.29 is 5.11 Å². The van der Waals surface area contributed by atoms with Crippen LogP contribution < -0.4 is 10.6 Å². The van der Waals surface area contributed by atoms with Crippen LogP contribution in [0.25, 0.3) is 11.3 Å². The zero-order chi connectivity index (χ0) is 19.1. The minimum Gasteiger partial charge on any atom is -0.394 e. The van der Waals surface area contributed by atoms with E-state index in [1.54, 1.807) is 18.6 Å². The van der Waals surface area contributed by atoms with Crippen LogP contribution in [-0.4, -0.2) is 37.7 Å². The number of nitrogens with one attached hydrogen (secondary N) is 2. The summed E-state index contributed by atoms with van der Waals surface area (Å²) in [6, 6.07) is 11.4. The molecular weight excluding hydrogens is 340 g/mol. The average Bonchev–Trinajstić information content (AvgIpc) is 2.71. The van der Waals surface area contributed by atoms with Gasteiger partial charge in [0.15, 0.2) is 0 Å². The van der Waals surface area contributed by atoms with Crippen molar-refractivity contribution in [2.75, 3.05) is 17.2 Å². The van der Waals surface area contributed by atoms with Gasteiger partial charge in [0.2, 0.25) is 5.95 Å². The van der Waals surface area contributed by atoms with Gasteiger partial charge in [-0.25, -0.2) is 4.98 Å². The van der Waals surface area contributed by atoms with E-state index in [2.05, 4.69) is 30.6 Å². The van der Waals surface area contributed by atoms with Gasteiger partial charge in [-0.1, -0.05) is 19.9 Å². The second kappa shape index (κ2) is 9.05. The van der Waals surface area contributed by atoms with Crippen LogP contribution in [0.1, 0.15) is 19.5 Å². The summed E-state index contributed by atoms with van der Waals surface area (Å²) in [5, 5.41) is 16.1. The van der Waals surface area contributed by atoms with E-state index in [4.69, 9.17) is 0 Å². The molecular formula is C20H24N6O. The Morgan fingerprint density at radius 3 is 2.63 bits per heavy atom. The summed E-state index contributed by atoms with van der Waals surface area (Å²) in [6.07, 6.45) is 5.25. The van der Waals surface area contributed by atoms with Gasteiger partial charge in [-0.15, -0.1) is 0 Å². The Balaban J connectivity index is 1.88. The van der Waals surface area contributed by atoms with Crippen molar-refractivity contribution in [2.45, 2.75) is 26.4 Å². The smallest absolute Gasteiger partial charge is 0.225 e. The molecule has 0 saturated heterocycles. The topological polar surface area (TPSA) is 95.8 Å². The van der Waals surface area contributed by atoms with E-state index in [1.807, 2.05) is 50.2 Å². The standard InChI is InChI=1S/C20H24N6O/c1-14(2)18(13-27)25-20-24-17(15-6-5-8-21-11-15)10-19(26-20)23-12-16-7-3-4-9-22-16/h3-11,14,18,27H,12-13H2,1-2H3,(H2,23,24,25,26)/t18-/m0/s1. The van der Waals surface area contributed by atoms with E-state index in [-0.39, 0.29) is 18.6 Å². The van der Waals surface area contributed by atoms with Crippen LogP contribution in [0.3, 0.4) is 0 Å². The Labute approximate surface area is 159 Å². The molecule has 140 valence electrons. The molecule has 0 bridgehead atoms. The van der Waals surface area contributed by atoms with E-state index in [9.17, 15) is 5.11 Å². The van der Waals surface area contributed by atoms with Crippen LogP contribution in [0.15, 0.2) is 55.0 Å². The predicted octanol–water partition coefficient (Wildman–Crippen LogP) is 2.97. The molecule has 0 aliphatic carbocycles. The predicted molar refractivity (Wildman–Crippen MR) is 106 cm³/mol. The second-order valence-corrected chi connectivity index (χ2v) is 6.56. The van der Waals surface area contributed by atoms with Crippen LogP contribution in [0, 0.1) is 5.92 Å². The molecule has 0 aromatic carbocycles. The molecule has 3 N–H and O–H groups in total. The fraction of sp³-hybridized carbons (Fsp3) is 0.300. The lowest BCUT2D eigenvalue weighted by Gasteiger charge is -2.20. The van der Waals surface area contributed by atoms with Crippen LogP contribution in [-0.2, 0) is 6.54 Å². The van der Waals surface area contributed by atoms with Crippen molar-refractivity contribution in [2.24, 2.45) is 5.92 Å². The fourth-order valence-electron chi connectivity index (χ4n) is 2.54. The van der Waals surface area contributed by atoms with Crippen molar-refractivity contribution in [3.8, 4) is 11.3 Å². The normalized spacial score (nSPS) is 12.0. The minimum atomic E-state index is -0.127. The number of aromatic nitrogens is 4. The van der Waals surface area contributed by atoms with E-state index in [0.717, 1.165) is 17.0 Å². The van der Waals surface area contributed by atoms with Crippen molar-refractivity contribution >= 4 is 11.8 Å². The first-order chi connectivity index (χ1) is 13.2. The van der Waals surface area contributed by atoms with E-state index in [1.165, 1.54) is 0 Å². The fourth-order valence-corrected chi connectivity index (χ4v) is 2.54. The Morgan fingerprint density at radius 2 is 1.96 bits per heavy atom. The third-order valence-corrected chi connectivity index (χ3v) is 4.18. The Kier molecular flexibility index (Phi) is 6.27. The monoisotopic (exact) mass is 364 g/mol. The van der Waals surface area contributed by atoms with Crippen LogP contribution in [0.4, 0.5) is 11.8 Å². The van der Waals surface area contributed by atoms with Crippen LogP contribution in [0.5, 0.6) is 0 Å². The van der Waals surface area contributed by atoms with Gasteiger partial charge >= 0.3 is 0 Å². The van der Waals surface area contributed by atoms with Gasteiger partial charge in [-0.2, -0.15) is 4.98 Å². The van der Waals surface area contributed by atoms with E-state index >= 15 is 0 Å². The van der Waals surface area contributed by atoms with Gasteiger partial charge < -0.3 is 15.7 Å². The lowest BCUT2D eigenvalue weighted by atomic mass is 10.1. The van der Waals surface area contributed by atoms with Crippen molar-refractivity contribution in [1.82, 2.24) is 19.9 Å². The molecule has 0 amide bonds. The molecule has 0 fully saturated rings. The molecule has 0 saturated carbocycles. The highest BCUT2D eigenvalue weighted by Crippen LogP contribution is 2.22. The Morgan fingerprint density at radius 1 is 1.07 bits per heavy atom. The van der Waals surface area contributed by atoms with Gasteiger partial charge in [-0.05, 0) is 30.2 Å². The molecule has 27 heavy (non-hydrogen) atoms. The average molecular weight is 364 g/mol. The van der Waals surface area contributed by atoms with Gasteiger partial charge in [0.25, 0.3) is 0 Å². The highest BCUT2D eigenvalue weighted by Gasteiger charge is 2.15. The number of hydrogen-bond donors (Lipinski definition) is 3. The third-order valence-electron chi connectivity index (χ3n) is 4.18. The zero-order valence-corrected chi connectivity index (χ0v) is 15.5.